The molecular formula is C19H16N4OS. The maximum atomic E-state index is 5.87. The van der Waals surface area contributed by atoms with Gasteiger partial charge >= 0.3 is 0 Å². The number of para-hydroxylation sites is 1. The summed E-state index contributed by atoms with van der Waals surface area (Å²) in [7, 11) is 0. The molecule has 1 fully saturated rings. The van der Waals surface area contributed by atoms with Crippen molar-refractivity contribution in [1.29, 1.82) is 0 Å². The van der Waals surface area contributed by atoms with Crippen molar-refractivity contribution in [3.63, 3.8) is 0 Å². The van der Waals surface area contributed by atoms with Crippen molar-refractivity contribution in [3.8, 4) is 5.75 Å². The van der Waals surface area contributed by atoms with Crippen molar-refractivity contribution in [3.05, 3.63) is 42.5 Å². The van der Waals surface area contributed by atoms with Crippen molar-refractivity contribution < 1.29 is 4.74 Å². The number of likely N-dealkylation sites (tertiary alicyclic amines) is 1. The Labute approximate surface area is 149 Å². The summed E-state index contributed by atoms with van der Waals surface area (Å²) in [6.45, 7) is 1.95. The predicted octanol–water partition coefficient (Wildman–Crippen LogP) is 4.02. The molecule has 4 aromatic rings. The van der Waals surface area contributed by atoms with Crippen LogP contribution in [-0.2, 0) is 0 Å². The molecule has 6 heteroatoms. The molecule has 124 valence electrons. The summed E-state index contributed by atoms with van der Waals surface area (Å²) >= 11 is 5.41. The number of hydrogen-bond acceptors (Lipinski definition) is 4. The van der Waals surface area contributed by atoms with Gasteiger partial charge in [0.25, 0.3) is 5.17 Å². The topological polar surface area (TPSA) is 54.0 Å². The van der Waals surface area contributed by atoms with E-state index in [0.29, 0.717) is 10.9 Å². The van der Waals surface area contributed by atoms with Gasteiger partial charge in [0.2, 0.25) is 0 Å². The molecule has 0 amide bonds. The minimum atomic E-state index is 0.540. The first-order valence-corrected chi connectivity index (χ1v) is 8.84. The van der Waals surface area contributed by atoms with Gasteiger partial charge in [0.1, 0.15) is 11.3 Å². The Balaban J connectivity index is 1.57. The Morgan fingerprint density at radius 3 is 2.76 bits per heavy atom. The van der Waals surface area contributed by atoms with Crippen LogP contribution in [0.4, 0.5) is 0 Å². The van der Waals surface area contributed by atoms with Crippen LogP contribution in [0.15, 0.2) is 42.5 Å². The number of nitrogens with zero attached hydrogens (tertiary/aromatic N) is 3. The molecule has 0 spiro atoms. The quantitative estimate of drug-likeness (QED) is 0.527. The van der Waals surface area contributed by atoms with E-state index in [1.807, 2.05) is 36.4 Å². The van der Waals surface area contributed by atoms with E-state index in [1.54, 1.807) is 0 Å². The molecule has 1 aliphatic rings. The van der Waals surface area contributed by atoms with Gasteiger partial charge in [0.05, 0.1) is 11.0 Å². The van der Waals surface area contributed by atoms with Gasteiger partial charge in [-0.1, -0.05) is 18.2 Å². The summed E-state index contributed by atoms with van der Waals surface area (Å²) in [6, 6.07) is 13.8. The molecule has 1 N–H and O–H groups in total. The van der Waals surface area contributed by atoms with Crippen molar-refractivity contribution in [2.24, 2.45) is 0 Å². The fourth-order valence-corrected chi connectivity index (χ4v) is 3.64. The molecule has 0 unspecified atom stereocenters. The highest BCUT2D eigenvalue weighted by Crippen LogP contribution is 2.26. The smallest absolute Gasteiger partial charge is 0.264 e. The maximum Gasteiger partial charge on any atom is 0.264 e. The molecule has 0 radical (unpaired) electrons. The molecule has 0 bridgehead atoms. The van der Waals surface area contributed by atoms with Crippen LogP contribution < -0.4 is 4.74 Å². The summed E-state index contributed by atoms with van der Waals surface area (Å²) in [6.07, 6.45) is 2.34. The highest BCUT2D eigenvalue weighted by Gasteiger charge is 2.17. The molecule has 2 aromatic carbocycles. The van der Waals surface area contributed by atoms with E-state index in [0.717, 1.165) is 46.2 Å². The highest BCUT2D eigenvalue weighted by molar-refractivity contribution is 7.80. The molecule has 25 heavy (non-hydrogen) atoms. The number of nitrogens with one attached hydrogen (secondary N) is 1. The normalized spacial score (nSPS) is 14.6. The van der Waals surface area contributed by atoms with Crippen molar-refractivity contribution in [2.45, 2.75) is 12.8 Å². The van der Waals surface area contributed by atoms with Crippen molar-refractivity contribution in [2.75, 3.05) is 13.1 Å². The number of thiocarbonyl (C=S) groups is 1. The van der Waals surface area contributed by atoms with E-state index < -0.39 is 0 Å². The zero-order valence-electron chi connectivity index (χ0n) is 13.5. The third-order valence-electron chi connectivity index (χ3n) is 4.64. The number of fused-ring (bicyclic) bond motifs is 4. The lowest BCUT2D eigenvalue weighted by Gasteiger charge is -2.18. The fraction of sp³-hybridized carbons (Fsp3) is 0.211. The third kappa shape index (κ3) is 2.49. The summed E-state index contributed by atoms with van der Waals surface area (Å²) < 4.78 is 5.87. The molecule has 5 nitrogen and oxygen atoms in total. The van der Waals surface area contributed by atoms with E-state index in [1.165, 1.54) is 12.8 Å². The van der Waals surface area contributed by atoms with Gasteiger partial charge in [-0.2, -0.15) is 0 Å². The minimum Gasteiger partial charge on any atom is -0.432 e. The number of rotatable bonds is 1. The summed E-state index contributed by atoms with van der Waals surface area (Å²) in [5.41, 5.74) is 4.36. The lowest BCUT2D eigenvalue weighted by molar-refractivity contribution is 0.407. The van der Waals surface area contributed by atoms with Gasteiger partial charge < -0.3 is 14.6 Å². The Morgan fingerprint density at radius 2 is 1.88 bits per heavy atom. The van der Waals surface area contributed by atoms with Crippen molar-refractivity contribution >= 4 is 50.5 Å². The summed E-state index contributed by atoms with van der Waals surface area (Å²) in [5, 5.41) is 1.61. The number of ether oxygens (including phenoxy) is 1. The number of aromatic nitrogens is 3. The first-order valence-electron chi connectivity index (χ1n) is 8.43. The van der Waals surface area contributed by atoms with Crippen LogP contribution in [0.25, 0.3) is 33.1 Å². The van der Waals surface area contributed by atoms with Gasteiger partial charge in [-0.25, -0.2) is 9.97 Å². The highest BCUT2D eigenvalue weighted by atomic mass is 32.1. The lowest BCUT2D eigenvalue weighted by Crippen LogP contribution is -2.30. The third-order valence-corrected chi connectivity index (χ3v) is 4.98. The van der Waals surface area contributed by atoms with Crippen LogP contribution in [0.5, 0.6) is 5.75 Å². The SMILES string of the molecule is S=C(Oc1ccc2nc3[nH]c4ccccc4c3nc2c1)N1CCCC1. The van der Waals surface area contributed by atoms with Gasteiger partial charge in [0.15, 0.2) is 5.65 Å². The largest absolute Gasteiger partial charge is 0.432 e. The average molecular weight is 348 g/mol. The lowest BCUT2D eigenvalue weighted by atomic mass is 10.2. The Bertz CT molecular complexity index is 1110. The second-order valence-electron chi connectivity index (χ2n) is 6.30. The zero-order valence-corrected chi connectivity index (χ0v) is 14.3. The van der Waals surface area contributed by atoms with Crippen LogP contribution in [0, 0.1) is 0 Å². The van der Waals surface area contributed by atoms with Crippen LogP contribution in [-0.4, -0.2) is 38.1 Å². The van der Waals surface area contributed by atoms with E-state index >= 15 is 0 Å². The standard InChI is InChI=1S/C19H16N4OS/c25-19(23-9-3-4-10-23)24-12-7-8-15-16(11-12)20-17-13-5-1-2-6-14(13)21-18(17)22-15/h1-2,5-8,11H,3-4,9-10H2,(H,21,22). The van der Waals surface area contributed by atoms with E-state index in [2.05, 4.69) is 16.0 Å². The van der Waals surface area contributed by atoms with Crippen LogP contribution in [0.2, 0.25) is 0 Å². The Morgan fingerprint density at radius 1 is 1.04 bits per heavy atom. The van der Waals surface area contributed by atoms with Crippen LogP contribution in [0.1, 0.15) is 12.8 Å². The van der Waals surface area contributed by atoms with Gasteiger partial charge in [-0.05, 0) is 43.3 Å². The second kappa shape index (κ2) is 5.67. The van der Waals surface area contributed by atoms with Gasteiger partial charge in [-0.3, -0.25) is 0 Å². The molecule has 0 aliphatic carbocycles. The number of benzene rings is 2. The molecule has 0 saturated carbocycles. The van der Waals surface area contributed by atoms with Gasteiger partial charge in [-0.15, -0.1) is 0 Å². The molecule has 1 aliphatic heterocycles. The van der Waals surface area contributed by atoms with Gasteiger partial charge in [0, 0.05) is 30.1 Å². The first-order chi connectivity index (χ1) is 12.3. The average Bonchev–Trinajstić information content (AvgIpc) is 3.27. The Hall–Kier alpha value is -2.73. The van der Waals surface area contributed by atoms with Crippen LogP contribution in [0.3, 0.4) is 0 Å². The number of hydrogen-bond donors (Lipinski definition) is 1. The molecular weight excluding hydrogens is 332 g/mol. The molecule has 5 rings (SSSR count). The Kier molecular flexibility index (Phi) is 3.31. The predicted molar refractivity (Wildman–Crippen MR) is 103 cm³/mol. The molecule has 0 atom stereocenters. The number of aromatic amines is 1. The molecule has 3 heterocycles. The molecule has 1 saturated heterocycles. The fourth-order valence-electron chi connectivity index (χ4n) is 3.36. The summed E-state index contributed by atoms with van der Waals surface area (Å²) in [4.78, 5) is 14.9. The zero-order chi connectivity index (χ0) is 16.8. The summed E-state index contributed by atoms with van der Waals surface area (Å²) in [5.74, 6) is 0.706. The van der Waals surface area contributed by atoms with E-state index in [9.17, 15) is 0 Å². The second-order valence-corrected chi connectivity index (χ2v) is 6.65. The van der Waals surface area contributed by atoms with Crippen molar-refractivity contribution in [1.82, 2.24) is 19.9 Å². The van der Waals surface area contributed by atoms with Crippen LogP contribution >= 0.6 is 12.2 Å². The van der Waals surface area contributed by atoms with E-state index in [-0.39, 0.29) is 0 Å². The van der Waals surface area contributed by atoms with E-state index in [4.69, 9.17) is 26.9 Å². The number of H-pyrrole nitrogens is 1. The monoisotopic (exact) mass is 348 g/mol. The first kappa shape index (κ1) is 14.6. The molecule has 2 aromatic heterocycles. The maximum absolute atomic E-state index is 5.87. The minimum absolute atomic E-state index is 0.540.